The van der Waals surface area contributed by atoms with Crippen LogP contribution in [0.2, 0.25) is 0 Å². The summed E-state index contributed by atoms with van der Waals surface area (Å²) >= 11 is 0. The fourth-order valence-corrected chi connectivity index (χ4v) is 1.75. The molecule has 2 N–H and O–H groups in total. The van der Waals surface area contributed by atoms with Gasteiger partial charge >= 0.3 is 0 Å². The van der Waals surface area contributed by atoms with E-state index >= 15 is 0 Å². The lowest BCUT2D eigenvalue weighted by molar-refractivity contribution is 0.594. The molecule has 82 valence electrons. The fourth-order valence-electron chi connectivity index (χ4n) is 1.75. The Hall–Kier alpha value is -1.74. The van der Waals surface area contributed by atoms with Crippen LogP contribution in [0.5, 0.6) is 0 Å². The van der Waals surface area contributed by atoms with Gasteiger partial charge in [0.25, 0.3) is 0 Å². The van der Waals surface area contributed by atoms with Crippen LogP contribution < -0.4 is 5.73 Å². The van der Waals surface area contributed by atoms with Gasteiger partial charge in [0, 0.05) is 24.4 Å². The number of pyridine rings is 1. The number of hydrogen-bond acceptors (Lipinski definition) is 2. The lowest BCUT2D eigenvalue weighted by atomic mass is 9.95. The molecule has 0 fully saturated rings. The van der Waals surface area contributed by atoms with Crippen LogP contribution >= 0.6 is 0 Å². The molecule has 1 atom stereocenters. The maximum Gasteiger partial charge on any atom is 0.127 e. The van der Waals surface area contributed by atoms with E-state index in [4.69, 9.17) is 5.73 Å². The van der Waals surface area contributed by atoms with Crippen molar-refractivity contribution in [1.29, 1.82) is 0 Å². The average molecular weight is 216 g/mol. The van der Waals surface area contributed by atoms with Gasteiger partial charge in [-0.3, -0.25) is 4.98 Å². The Bertz CT molecular complexity index is 456. The average Bonchev–Trinajstić information content (AvgIpc) is 2.34. The predicted molar refractivity (Wildman–Crippen MR) is 61.5 cm³/mol. The minimum atomic E-state index is -0.233. The summed E-state index contributed by atoms with van der Waals surface area (Å²) in [5.41, 5.74) is 7.10. The topological polar surface area (TPSA) is 38.9 Å². The van der Waals surface area contributed by atoms with Gasteiger partial charge in [0.2, 0.25) is 0 Å². The van der Waals surface area contributed by atoms with Gasteiger partial charge in [-0.05, 0) is 23.8 Å². The van der Waals surface area contributed by atoms with Crippen molar-refractivity contribution in [2.75, 3.05) is 6.54 Å². The van der Waals surface area contributed by atoms with Crippen molar-refractivity contribution in [2.45, 2.75) is 5.92 Å². The van der Waals surface area contributed by atoms with E-state index in [-0.39, 0.29) is 11.7 Å². The molecule has 0 aliphatic heterocycles. The van der Waals surface area contributed by atoms with Gasteiger partial charge in [0.05, 0.1) is 0 Å². The van der Waals surface area contributed by atoms with E-state index in [1.165, 1.54) is 6.07 Å². The van der Waals surface area contributed by atoms with Crippen LogP contribution in [0.3, 0.4) is 0 Å². The number of nitrogens with zero attached hydrogens (tertiary/aromatic N) is 1. The molecule has 1 unspecified atom stereocenters. The normalized spacial score (nSPS) is 12.4. The number of benzene rings is 1. The van der Waals surface area contributed by atoms with Crippen LogP contribution in [0.25, 0.3) is 0 Å². The van der Waals surface area contributed by atoms with Crippen molar-refractivity contribution >= 4 is 0 Å². The molecule has 0 saturated carbocycles. The van der Waals surface area contributed by atoms with Crippen molar-refractivity contribution in [3.05, 3.63) is 65.7 Å². The summed E-state index contributed by atoms with van der Waals surface area (Å²) < 4.78 is 13.6. The standard InChI is InChI=1S/C13H13FN2/c14-12-6-2-1-5-10(12)11(9-15)13-7-3-4-8-16-13/h1-8,11H,9,15H2. The smallest absolute Gasteiger partial charge is 0.127 e. The van der Waals surface area contributed by atoms with Crippen molar-refractivity contribution in [1.82, 2.24) is 4.98 Å². The molecule has 0 radical (unpaired) electrons. The first-order valence-electron chi connectivity index (χ1n) is 5.18. The first-order chi connectivity index (χ1) is 7.83. The molecular weight excluding hydrogens is 203 g/mol. The molecule has 0 amide bonds. The number of halogens is 1. The Morgan fingerprint density at radius 3 is 2.50 bits per heavy atom. The first-order valence-corrected chi connectivity index (χ1v) is 5.18. The van der Waals surface area contributed by atoms with Crippen molar-refractivity contribution in [3.63, 3.8) is 0 Å². The van der Waals surface area contributed by atoms with Crippen molar-refractivity contribution in [2.24, 2.45) is 5.73 Å². The van der Waals surface area contributed by atoms with E-state index in [2.05, 4.69) is 4.98 Å². The summed E-state index contributed by atoms with van der Waals surface area (Å²) in [7, 11) is 0. The van der Waals surface area contributed by atoms with Crippen molar-refractivity contribution < 1.29 is 4.39 Å². The summed E-state index contributed by atoms with van der Waals surface area (Å²) in [6.45, 7) is 0.345. The highest BCUT2D eigenvalue weighted by Crippen LogP contribution is 2.23. The summed E-state index contributed by atoms with van der Waals surface area (Å²) in [6, 6.07) is 12.3. The minimum absolute atomic E-state index is 0.178. The molecule has 0 aliphatic carbocycles. The zero-order chi connectivity index (χ0) is 11.4. The lowest BCUT2D eigenvalue weighted by Gasteiger charge is -2.15. The van der Waals surface area contributed by atoms with Gasteiger partial charge in [-0.1, -0.05) is 24.3 Å². The quantitative estimate of drug-likeness (QED) is 0.855. The highest BCUT2D eigenvalue weighted by Gasteiger charge is 2.16. The zero-order valence-electron chi connectivity index (χ0n) is 8.81. The third-order valence-electron chi connectivity index (χ3n) is 2.56. The summed E-state index contributed by atoms with van der Waals surface area (Å²) in [5.74, 6) is -0.411. The SMILES string of the molecule is NCC(c1ccccn1)c1ccccc1F. The Labute approximate surface area is 93.9 Å². The molecule has 2 nitrogen and oxygen atoms in total. The third-order valence-corrected chi connectivity index (χ3v) is 2.56. The molecule has 1 heterocycles. The monoisotopic (exact) mass is 216 g/mol. The molecule has 1 aromatic carbocycles. The fraction of sp³-hybridized carbons (Fsp3) is 0.154. The Morgan fingerprint density at radius 1 is 1.12 bits per heavy atom. The largest absolute Gasteiger partial charge is 0.329 e. The molecule has 2 aromatic rings. The molecule has 3 heteroatoms. The molecular formula is C13H13FN2. The molecule has 0 bridgehead atoms. The van der Waals surface area contributed by atoms with Crippen LogP contribution in [-0.2, 0) is 0 Å². The van der Waals surface area contributed by atoms with Gasteiger partial charge in [-0.25, -0.2) is 4.39 Å². The number of nitrogens with two attached hydrogens (primary N) is 1. The molecule has 0 aliphatic rings. The third kappa shape index (κ3) is 2.09. The molecule has 16 heavy (non-hydrogen) atoms. The second kappa shape index (κ2) is 4.86. The first kappa shape index (κ1) is 10.8. The molecule has 1 aromatic heterocycles. The van der Waals surface area contributed by atoms with E-state index in [1.807, 2.05) is 24.3 Å². The van der Waals surface area contributed by atoms with Crippen molar-refractivity contribution in [3.8, 4) is 0 Å². The number of hydrogen-bond donors (Lipinski definition) is 1. The predicted octanol–water partition coefficient (Wildman–Crippen LogP) is 2.31. The maximum absolute atomic E-state index is 13.6. The highest BCUT2D eigenvalue weighted by atomic mass is 19.1. The Morgan fingerprint density at radius 2 is 1.88 bits per heavy atom. The Balaban J connectivity index is 2.41. The van der Waals surface area contributed by atoms with E-state index in [1.54, 1.807) is 18.3 Å². The van der Waals surface area contributed by atoms with Crippen LogP contribution in [0, 0.1) is 5.82 Å². The number of rotatable bonds is 3. The maximum atomic E-state index is 13.6. The van der Waals surface area contributed by atoms with Gasteiger partial charge in [0.1, 0.15) is 5.82 Å². The molecule has 2 rings (SSSR count). The summed E-state index contributed by atoms with van der Waals surface area (Å²) in [5, 5.41) is 0. The molecule has 0 saturated heterocycles. The minimum Gasteiger partial charge on any atom is -0.329 e. The van der Waals surface area contributed by atoms with E-state index in [9.17, 15) is 4.39 Å². The highest BCUT2D eigenvalue weighted by molar-refractivity contribution is 5.30. The zero-order valence-corrected chi connectivity index (χ0v) is 8.81. The summed E-state index contributed by atoms with van der Waals surface area (Å²) in [6.07, 6.45) is 1.69. The van der Waals surface area contributed by atoms with Gasteiger partial charge in [-0.2, -0.15) is 0 Å². The second-order valence-corrected chi connectivity index (χ2v) is 3.56. The van der Waals surface area contributed by atoms with Gasteiger partial charge in [0.15, 0.2) is 0 Å². The van der Waals surface area contributed by atoms with Gasteiger partial charge in [-0.15, -0.1) is 0 Å². The summed E-state index contributed by atoms with van der Waals surface area (Å²) in [4.78, 5) is 4.22. The van der Waals surface area contributed by atoms with E-state index < -0.39 is 0 Å². The van der Waals surface area contributed by atoms with Crippen LogP contribution in [0.1, 0.15) is 17.2 Å². The Kier molecular flexibility index (Phi) is 3.27. The van der Waals surface area contributed by atoms with Crippen LogP contribution in [-0.4, -0.2) is 11.5 Å². The van der Waals surface area contributed by atoms with E-state index in [0.717, 1.165) is 5.69 Å². The second-order valence-electron chi connectivity index (χ2n) is 3.56. The van der Waals surface area contributed by atoms with Crippen LogP contribution in [0.15, 0.2) is 48.7 Å². The van der Waals surface area contributed by atoms with Crippen LogP contribution in [0.4, 0.5) is 4.39 Å². The van der Waals surface area contributed by atoms with E-state index in [0.29, 0.717) is 12.1 Å². The molecule has 0 spiro atoms. The lowest BCUT2D eigenvalue weighted by Crippen LogP contribution is -2.16. The number of aromatic nitrogens is 1. The van der Waals surface area contributed by atoms with Gasteiger partial charge < -0.3 is 5.73 Å².